The molecule has 7 nitrogen and oxygen atoms in total. The molecule has 33 heavy (non-hydrogen) atoms. The van der Waals surface area contributed by atoms with Crippen LogP contribution in [-0.2, 0) is 9.59 Å². The van der Waals surface area contributed by atoms with E-state index < -0.39 is 6.04 Å². The molecule has 3 N–H and O–H groups in total. The molecule has 170 valence electrons. The fraction of sp³-hybridized carbons (Fsp3) is 0.192. The molecule has 7 heteroatoms. The molecule has 0 saturated heterocycles. The van der Waals surface area contributed by atoms with E-state index in [2.05, 4.69) is 16.0 Å². The van der Waals surface area contributed by atoms with Crippen molar-refractivity contribution >= 4 is 29.1 Å². The highest BCUT2D eigenvalue weighted by Crippen LogP contribution is 2.24. The monoisotopic (exact) mass is 445 g/mol. The summed E-state index contributed by atoms with van der Waals surface area (Å²) in [6.45, 7) is 3.19. The van der Waals surface area contributed by atoms with Gasteiger partial charge in [0.25, 0.3) is 5.91 Å². The lowest BCUT2D eigenvalue weighted by molar-refractivity contribution is -0.120. The van der Waals surface area contributed by atoms with Crippen molar-refractivity contribution in [3.63, 3.8) is 0 Å². The van der Waals surface area contributed by atoms with Crippen LogP contribution in [0.5, 0.6) is 5.75 Å². The molecule has 3 amide bonds. The van der Waals surface area contributed by atoms with E-state index in [0.29, 0.717) is 28.3 Å². The first-order chi connectivity index (χ1) is 15.9. The van der Waals surface area contributed by atoms with Crippen molar-refractivity contribution in [2.75, 3.05) is 17.7 Å². The lowest BCUT2D eigenvalue weighted by atomic mass is 10.0. The number of rotatable bonds is 8. The Bertz CT molecular complexity index is 1130. The van der Waals surface area contributed by atoms with Crippen LogP contribution in [0.15, 0.2) is 72.8 Å². The Labute approximate surface area is 193 Å². The number of ether oxygens (including phenoxy) is 1. The number of carbonyl (C=O) groups excluding carboxylic acids is 3. The predicted octanol–water partition coefficient (Wildman–Crippen LogP) is 4.46. The van der Waals surface area contributed by atoms with Crippen LogP contribution >= 0.6 is 0 Å². The Morgan fingerprint density at radius 3 is 2.21 bits per heavy atom. The molecule has 0 aliphatic carbocycles. The molecule has 0 bridgehead atoms. The van der Waals surface area contributed by atoms with E-state index in [0.717, 1.165) is 5.56 Å². The smallest absolute Gasteiger partial charge is 0.256 e. The van der Waals surface area contributed by atoms with Crippen LogP contribution < -0.4 is 20.7 Å². The van der Waals surface area contributed by atoms with E-state index in [-0.39, 0.29) is 24.1 Å². The van der Waals surface area contributed by atoms with Crippen LogP contribution in [0, 0.1) is 6.92 Å². The SMILES string of the molecule is COc1ccc(C(CC(=O)Nc2cccc(C(=O)Nc3ccccc3)c2C)NC(C)=O)cc1. The zero-order valence-corrected chi connectivity index (χ0v) is 18.8. The summed E-state index contributed by atoms with van der Waals surface area (Å²) in [6, 6.07) is 21.0. The lowest BCUT2D eigenvalue weighted by Gasteiger charge is -2.19. The fourth-order valence-corrected chi connectivity index (χ4v) is 3.46. The average Bonchev–Trinajstić information content (AvgIpc) is 2.80. The summed E-state index contributed by atoms with van der Waals surface area (Å²) in [5.74, 6) is -0.0946. The largest absolute Gasteiger partial charge is 0.497 e. The number of nitrogens with one attached hydrogen (secondary N) is 3. The van der Waals surface area contributed by atoms with Crippen LogP contribution in [0.4, 0.5) is 11.4 Å². The zero-order valence-electron chi connectivity index (χ0n) is 18.8. The lowest BCUT2D eigenvalue weighted by Crippen LogP contribution is -2.30. The number of hydrogen-bond acceptors (Lipinski definition) is 4. The van der Waals surface area contributed by atoms with Crippen molar-refractivity contribution in [3.8, 4) is 5.75 Å². The first kappa shape index (κ1) is 23.5. The number of amides is 3. The minimum absolute atomic E-state index is 0.0335. The minimum atomic E-state index is -0.502. The van der Waals surface area contributed by atoms with Gasteiger partial charge in [-0.3, -0.25) is 14.4 Å². The first-order valence-corrected chi connectivity index (χ1v) is 10.5. The quantitative estimate of drug-likeness (QED) is 0.477. The number of para-hydroxylation sites is 1. The van der Waals surface area contributed by atoms with Gasteiger partial charge < -0.3 is 20.7 Å². The van der Waals surface area contributed by atoms with E-state index in [9.17, 15) is 14.4 Å². The van der Waals surface area contributed by atoms with Crippen molar-refractivity contribution in [2.45, 2.75) is 26.3 Å². The highest BCUT2D eigenvalue weighted by atomic mass is 16.5. The molecule has 0 saturated carbocycles. The predicted molar refractivity (Wildman–Crippen MR) is 128 cm³/mol. The molecule has 0 aliphatic heterocycles. The second-order valence-corrected chi connectivity index (χ2v) is 7.58. The fourth-order valence-electron chi connectivity index (χ4n) is 3.46. The Morgan fingerprint density at radius 2 is 1.58 bits per heavy atom. The number of benzene rings is 3. The van der Waals surface area contributed by atoms with Gasteiger partial charge in [0.1, 0.15) is 5.75 Å². The highest BCUT2D eigenvalue weighted by molar-refractivity contribution is 6.06. The summed E-state index contributed by atoms with van der Waals surface area (Å²) in [7, 11) is 1.57. The molecule has 3 aromatic rings. The molecular weight excluding hydrogens is 418 g/mol. The number of methoxy groups -OCH3 is 1. The van der Waals surface area contributed by atoms with Crippen LogP contribution in [0.3, 0.4) is 0 Å². The molecule has 0 spiro atoms. The molecule has 0 fully saturated rings. The first-order valence-electron chi connectivity index (χ1n) is 10.5. The van der Waals surface area contributed by atoms with Gasteiger partial charge in [0.15, 0.2) is 0 Å². The van der Waals surface area contributed by atoms with Gasteiger partial charge in [0.2, 0.25) is 11.8 Å². The van der Waals surface area contributed by atoms with E-state index in [4.69, 9.17) is 4.74 Å². The summed E-state index contributed by atoms with van der Waals surface area (Å²) in [5, 5.41) is 8.54. The summed E-state index contributed by atoms with van der Waals surface area (Å²) in [6.07, 6.45) is 0.0335. The summed E-state index contributed by atoms with van der Waals surface area (Å²) in [4.78, 5) is 37.3. The summed E-state index contributed by atoms with van der Waals surface area (Å²) < 4.78 is 5.17. The molecule has 3 aromatic carbocycles. The van der Waals surface area contributed by atoms with Crippen LogP contribution in [0.25, 0.3) is 0 Å². The molecule has 1 atom stereocenters. The second-order valence-electron chi connectivity index (χ2n) is 7.58. The highest BCUT2D eigenvalue weighted by Gasteiger charge is 2.19. The van der Waals surface area contributed by atoms with Crippen LogP contribution in [-0.4, -0.2) is 24.8 Å². The Kier molecular flexibility index (Phi) is 7.81. The van der Waals surface area contributed by atoms with E-state index in [1.54, 1.807) is 56.5 Å². The second kappa shape index (κ2) is 10.9. The maximum absolute atomic E-state index is 12.8. The Hall–Kier alpha value is -4.13. The average molecular weight is 446 g/mol. The Balaban J connectivity index is 1.73. The zero-order chi connectivity index (χ0) is 23.8. The van der Waals surface area contributed by atoms with Crippen LogP contribution in [0.2, 0.25) is 0 Å². The maximum atomic E-state index is 12.8. The van der Waals surface area contributed by atoms with E-state index >= 15 is 0 Å². The molecule has 1 unspecified atom stereocenters. The van der Waals surface area contributed by atoms with E-state index in [1.165, 1.54) is 6.92 Å². The summed E-state index contributed by atoms with van der Waals surface area (Å²) >= 11 is 0. The molecule has 3 rings (SSSR count). The van der Waals surface area contributed by atoms with Crippen LogP contribution in [0.1, 0.15) is 40.9 Å². The number of anilines is 2. The molecule has 0 aromatic heterocycles. The van der Waals surface area contributed by atoms with Crippen molar-refractivity contribution in [2.24, 2.45) is 0 Å². The third-order valence-electron chi connectivity index (χ3n) is 5.17. The third kappa shape index (κ3) is 6.43. The third-order valence-corrected chi connectivity index (χ3v) is 5.17. The van der Waals surface area contributed by atoms with E-state index in [1.807, 2.05) is 30.3 Å². The van der Waals surface area contributed by atoms with Gasteiger partial charge in [-0.1, -0.05) is 36.4 Å². The number of carbonyl (C=O) groups is 3. The van der Waals surface area contributed by atoms with Gasteiger partial charge >= 0.3 is 0 Å². The van der Waals surface area contributed by atoms with Crippen molar-refractivity contribution in [1.29, 1.82) is 0 Å². The van der Waals surface area contributed by atoms with Gasteiger partial charge in [-0.2, -0.15) is 0 Å². The standard InChI is InChI=1S/C26H27N3O4/c1-17-22(26(32)28-20-8-5-4-6-9-20)10-7-11-23(17)29-25(31)16-24(27-18(2)30)19-12-14-21(33-3)15-13-19/h4-15,24H,16H2,1-3H3,(H,27,30)(H,28,32)(H,29,31). The molecular formula is C26H27N3O4. The van der Waals surface area contributed by atoms with Gasteiger partial charge in [-0.25, -0.2) is 0 Å². The van der Waals surface area contributed by atoms with Crippen molar-refractivity contribution in [3.05, 3.63) is 89.5 Å². The van der Waals surface area contributed by atoms with Crippen molar-refractivity contribution < 1.29 is 19.1 Å². The normalized spacial score (nSPS) is 11.2. The van der Waals surface area contributed by atoms with Gasteiger partial charge in [-0.15, -0.1) is 0 Å². The Morgan fingerprint density at radius 1 is 0.879 bits per heavy atom. The molecule has 0 radical (unpaired) electrons. The minimum Gasteiger partial charge on any atom is -0.497 e. The molecule has 0 aliphatic rings. The van der Waals surface area contributed by atoms with Gasteiger partial charge in [0.05, 0.1) is 19.6 Å². The van der Waals surface area contributed by atoms with Crippen molar-refractivity contribution in [1.82, 2.24) is 5.32 Å². The maximum Gasteiger partial charge on any atom is 0.256 e. The topological polar surface area (TPSA) is 96.5 Å². The summed E-state index contributed by atoms with van der Waals surface area (Å²) in [5.41, 5.74) is 3.13. The molecule has 0 heterocycles. The van der Waals surface area contributed by atoms with Gasteiger partial charge in [0, 0.05) is 23.9 Å². The number of hydrogen-bond donors (Lipinski definition) is 3. The van der Waals surface area contributed by atoms with Gasteiger partial charge in [-0.05, 0) is 54.4 Å².